The zero-order chi connectivity index (χ0) is 15.7. The second-order valence-electron chi connectivity index (χ2n) is 5.24. The third-order valence-corrected chi connectivity index (χ3v) is 3.87. The third-order valence-electron chi connectivity index (χ3n) is 3.87. The lowest BCUT2D eigenvalue weighted by molar-refractivity contribution is -0.124. The van der Waals surface area contributed by atoms with Crippen LogP contribution in [0.15, 0.2) is 48.5 Å². The first kappa shape index (κ1) is 14.3. The summed E-state index contributed by atoms with van der Waals surface area (Å²) < 4.78 is 13.7. The van der Waals surface area contributed by atoms with Crippen molar-refractivity contribution < 1.29 is 14.0 Å². The Labute approximate surface area is 127 Å². The lowest BCUT2D eigenvalue weighted by Crippen LogP contribution is -2.37. The van der Waals surface area contributed by atoms with E-state index >= 15 is 0 Å². The Bertz CT molecular complexity index is 745. The van der Waals surface area contributed by atoms with Gasteiger partial charge in [0.05, 0.1) is 11.6 Å². The molecular weight excluding hydrogens is 283 g/mol. The molecule has 22 heavy (non-hydrogen) atoms. The maximum atomic E-state index is 13.7. The van der Waals surface area contributed by atoms with Crippen molar-refractivity contribution in [3.05, 3.63) is 59.9 Å². The summed E-state index contributed by atoms with van der Waals surface area (Å²) in [5, 5.41) is 2.57. The molecule has 0 spiro atoms. The van der Waals surface area contributed by atoms with Gasteiger partial charge in [0.1, 0.15) is 5.82 Å². The van der Waals surface area contributed by atoms with Crippen molar-refractivity contribution in [1.82, 2.24) is 0 Å². The minimum Gasteiger partial charge on any atom is -0.323 e. The van der Waals surface area contributed by atoms with Crippen LogP contribution in [0.4, 0.5) is 15.8 Å². The molecule has 0 bridgehead atoms. The van der Waals surface area contributed by atoms with E-state index in [2.05, 4.69) is 5.32 Å². The zero-order valence-corrected chi connectivity index (χ0v) is 12.0. The number of para-hydroxylation sites is 2. The number of amides is 2. The van der Waals surface area contributed by atoms with Crippen LogP contribution in [0.2, 0.25) is 0 Å². The van der Waals surface area contributed by atoms with Crippen LogP contribution in [-0.2, 0) is 9.59 Å². The fourth-order valence-electron chi connectivity index (χ4n) is 2.66. The summed E-state index contributed by atoms with van der Waals surface area (Å²) in [6, 6.07) is 13.2. The first-order valence-electron chi connectivity index (χ1n) is 6.99. The van der Waals surface area contributed by atoms with E-state index < -0.39 is 11.7 Å². The minimum absolute atomic E-state index is 0.0772. The number of nitrogens with one attached hydrogen (secondary N) is 1. The van der Waals surface area contributed by atoms with E-state index in [0.29, 0.717) is 5.69 Å². The van der Waals surface area contributed by atoms with E-state index in [0.717, 1.165) is 5.56 Å². The van der Waals surface area contributed by atoms with Crippen molar-refractivity contribution in [3.8, 4) is 0 Å². The molecule has 2 aromatic rings. The van der Waals surface area contributed by atoms with Gasteiger partial charge >= 0.3 is 0 Å². The molecule has 0 saturated carbocycles. The fraction of sp³-hybridized carbons (Fsp3) is 0.176. The van der Waals surface area contributed by atoms with Gasteiger partial charge in [-0.3, -0.25) is 9.59 Å². The molecule has 0 saturated heterocycles. The number of hydrogen-bond donors (Lipinski definition) is 1. The molecule has 3 rings (SSSR count). The van der Waals surface area contributed by atoms with Crippen LogP contribution in [0.5, 0.6) is 0 Å². The van der Waals surface area contributed by atoms with Gasteiger partial charge in [-0.15, -0.1) is 0 Å². The van der Waals surface area contributed by atoms with E-state index in [1.54, 1.807) is 30.1 Å². The van der Waals surface area contributed by atoms with Crippen LogP contribution in [0.1, 0.15) is 17.9 Å². The number of anilines is 2. The van der Waals surface area contributed by atoms with Gasteiger partial charge < -0.3 is 10.2 Å². The molecule has 1 aliphatic heterocycles. The quantitative estimate of drug-likeness (QED) is 0.926. The van der Waals surface area contributed by atoms with Crippen molar-refractivity contribution in [2.24, 2.45) is 0 Å². The molecule has 2 amide bonds. The number of fused-ring (bicyclic) bond motifs is 1. The van der Waals surface area contributed by atoms with Gasteiger partial charge in [0, 0.05) is 19.2 Å². The van der Waals surface area contributed by atoms with Crippen molar-refractivity contribution >= 4 is 23.2 Å². The van der Waals surface area contributed by atoms with E-state index in [4.69, 9.17) is 0 Å². The number of nitrogens with zero attached hydrogens (tertiary/aromatic N) is 1. The first-order chi connectivity index (χ1) is 10.6. The van der Waals surface area contributed by atoms with Crippen LogP contribution in [0.25, 0.3) is 0 Å². The van der Waals surface area contributed by atoms with Crippen LogP contribution in [-0.4, -0.2) is 18.9 Å². The topological polar surface area (TPSA) is 49.4 Å². The normalized spacial score (nSPS) is 17.1. The Morgan fingerprint density at radius 2 is 1.86 bits per heavy atom. The molecule has 4 nitrogen and oxygen atoms in total. The van der Waals surface area contributed by atoms with Crippen LogP contribution in [0, 0.1) is 5.82 Å². The average molecular weight is 298 g/mol. The van der Waals surface area contributed by atoms with Gasteiger partial charge in [-0.2, -0.15) is 0 Å². The zero-order valence-electron chi connectivity index (χ0n) is 12.0. The fourth-order valence-corrected chi connectivity index (χ4v) is 2.66. The number of benzene rings is 2. The molecule has 1 unspecified atom stereocenters. The minimum atomic E-state index is -0.612. The monoisotopic (exact) mass is 298 g/mol. The summed E-state index contributed by atoms with van der Waals surface area (Å²) in [7, 11) is 1.69. The van der Waals surface area contributed by atoms with Crippen molar-refractivity contribution in [3.63, 3.8) is 0 Å². The van der Waals surface area contributed by atoms with Crippen LogP contribution >= 0.6 is 0 Å². The summed E-state index contributed by atoms with van der Waals surface area (Å²) >= 11 is 0. The lowest BCUT2D eigenvalue weighted by atomic mass is 9.89. The molecule has 0 fully saturated rings. The van der Waals surface area contributed by atoms with Gasteiger partial charge in [-0.25, -0.2) is 4.39 Å². The molecule has 1 heterocycles. The number of carbonyl (C=O) groups is 2. The molecular formula is C17H15FN2O2. The lowest BCUT2D eigenvalue weighted by Gasteiger charge is -2.30. The van der Waals surface area contributed by atoms with E-state index in [1.807, 2.05) is 18.2 Å². The van der Waals surface area contributed by atoms with E-state index in [1.165, 1.54) is 12.1 Å². The molecule has 1 atom stereocenters. The molecule has 1 N–H and O–H groups in total. The third kappa shape index (κ3) is 2.45. The van der Waals surface area contributed by atoms with Gasteiger partial charge in [0.25, 0.3) is 0 Å². The maximum absolute atomic E-state index is 13.7. The summed E-state index contributed by atoms with van der Waals surface area (Å²) in [6.07, 6.45) is 0.0772. The summed E-state index contributed by atoms with van der Waals surface area (Å²) in [5.41, 5.74) is 1.61. The highest BCUT2D eigenvalue weighted by Crippen LogP contribution is 2.35. The Balaban J connectivity index is 1.92. The Morgan fingerprint density at radius 1 is 1.18 bits per heavy atom. The molecule has 0 aliphatic carbocycles. The maximum Gasteiger partial charge on any atom is 0.232 e. The molecule has 0 aromatic heterocycles. The predicted octanol–water partition coefficient (Wildman–Crippen LogP) is 2.91. The Hall–Kier alpha value is -2.69. The Kier molecular flexibility index (Phi) is 3.63. The molecule has 5 heteroatoms. The highest BCUT2D eigenvalue weighted by atomic mass is 19.1. The van der Waals surface area contributed by atoms with Gasteiger partial charge in [-0.05, 0) is 23.8 Å². The summed E-state index contributed by atoms with van der Waals surface area (Å²) in [5.74, 6) is -1.62. The van der Waals surface area contributed by atoms with Crippen LogP contribution in [0.3, 0.4) is 0 Å². The number of halogens is 1. The average Bonchev–Trinajstić information content (AvgIpc) is 2.53. The highest BCUT2D eigenvalue weighted by molar-refractivity contribution is 6.05. The van der Waals surface area contributed by atoms with E-state index in [-0.39, 0.29) is 23.9 Å². The second kappa shape index (κ2) is 5.60. The Morgan fingerprint density at radius 3 is 2.64 bits per heavy atom. The smallest absolute Gasteiger partial charge is 0.232 e. The van der Waals surface area contributed by atoms with Gasteiger partial charge in [-0.1, -0.05) is 30.3 Å². The molecule has 1 aliphatic rings. The molecule has 112 valence electrons. The standard InChI is InChI=1S/C17H15FN2O2/c1-20-15-9-5-2-6-11(15)12(10-16(20)21)17(22)19-14-8-4-3-7-13(14)18/h2-9,12H,10H2,1H3,(H,19,22). The van der Waals surface area contributed by atoms with Gasteiger partial charge in [0.15, 0.2) is 0 Å². The highest BCUT2D eigenvalue weighted by Gasteiger charge is 2.33. The predicted molar refractivity (Wildman–Crippen MR) is 82.2 cm³/mol. The van der Waals surface area contributed by atoms with Crippen molar-refractivity contribution in [1.29, 1.82) is 0 Å². The second-order valence-corrected chi connectivity index (χ2v) is 5.24. The summed E-state index contributed by atoms with van der Waals surface area (Å²) in [4.78, 5) is 26.1. The number of hydrogen-bond acceptors (Lipinski definition) is 2. The molecule has 2 aromatic carbocycles. The van der Waals surface area contributed by atoms with Crippen molar-refractivity contribution in [2.75, 3.05) is 17.3 Å². The van der Waals surface area contributed by atoms with Crippen LogP contribution < -0.4 is 10.2 Å². The summed E-state index contributed by atoms with van der Waals surface area (Å²) in [6.45, 7) is 0. The number of carbonyl (C=O) groups excluding carboxylic acids is 2. The molecule has 0 radical (unpaired) electrons. The largest absolute Gasteiger partial charge is 0.323 e. The van der Waals surface area contributed by atoms with E-state index in [9.17, 15) is 14.0 Å². The van der Waals surface area contributed by atoms with Crippen molar-refractivity contribution in [2.45, 2.75) is 12.3 Å². The SMILES string of the molecule is CN1C(=O)CC(C(=O)Nc2ccccc2F)c2ccccc21. The van der Waals surface area contributed by atoms with Gasteiger partial charge in [0.2, 0.25) is 11.8 Å². The first-order valence-corrected chi connectivity index (χ1v) is 6.99. The number of rotatable bonds is 2.